The smallest absolute Gasteiger partial charge is 0.183 e. The Hall–Kier alpha value is -1.38. The van der Waals surface area contributed by atoms with Crippen LogP contribution in [0.4, 0.5) is 5.69 Å². The third-order valence-corrected chi connectivity index (χ3v) is 4.64. The minimum atomic E-state index is -3.17. The van der Waals surface area contributed by atoms with Crippen LogP contribution in [0.5, 0.6) is 0 Å². The highest BCUT2D eigenvalue weighted by Gasteiger charge is 2.21. The van der Waals surface area contributed by atoms with Gasteiger partial charge in [0.2, 0.25) is 0 Å². The molecule has 1 aromatic heterocycles. The van der Waals surface area contributed by atoms with Crippen molar-refractivity contribution in [2.75, 3.05) is 17.7 Å². The summed E-state index contributed by atoms with van der Waals surface area (Å²) in [6.07, 6.45) is 1.15. The molecule has 2 aromatic rings. The number of rotatable bonds is 4. The van der Waals surface area contributed by atoms with Crippen LogP contribution in [0.25, 0.3) is 11.4 Å². The molecule has 0 saturated carbocycles. The van der Waals surface area contributed by atoms with Crippen molar-refractivity contribution in [3.63, 3.8) is 0 Å². The second-order valence-corrected chi connectivity index (χ2v) is 7.72. The van der Waals surface area contributed by atoms with E-state index in [2.05, 4.69) is 15.5 Å². The largest absolute Gasteiger partial charge is 0.399 e. The summed E-state index contributed by atoms with van der Waals surface area (Å²) >= 11 is 12.1. The molecule has 0 aliphatic carbocycles. The summed E-state index contributed by atoms with van der Waals surface area (Å²) < 4.78 is 24.2. The maximum Gasteiger partial charge on any atom is 0.183 e. The van der Waals surface area contributed by atoms with Gasteiger partial charge >= 0.3 is 0 Å². The highest BCUT2D eigenvalue weighted by molar-refractivity contribution is 7.90. The van der Waals surface area contributed by atoms with Crippen LogP contribution in [-0.2, 0) is 9.84 Å². The molecule has 0 fully saturated rings. The molecule has 0 aliphatic rings. The Labute approximate surface area is 132 Å². The number of halogens is 2. The molecule has 0 spiro atoms. The van der Waals surface area contributed by atoms with Gasteiger partial charge in [-0.1, -0.05) is 23.2 Å². The first kappa shape index (κ1) is 16.0. The van der Waals surface area contributed by atoms with Gasteiger partial charge in [-0.3, -0.25) is 0 Å². The molecule has 0 saturated heterocycles. The van der Waals surface area contributed by atoms with Crippen molar-refractivity contribution in [3.05, 3.63) is 22.2 Å². The molecular weight excluding hydrogens is 337 g/mol. The van der Waals surface area contributed by atoms with Crippen LogP contribution in [0.3, 0.4) is 0 Å². The van der Waals surface area contributed by atoms with Crippen molar-refractivity contribution in [3.8, 4) is 11.4 Å². The monoisotopic (exact) mass is 349 g/mol. The summed E-state index contributed by atoms with van der Waals surface area (Å²) in [5, 5.41) is 11.8. The standard InChI is InChI=1S/C11H13Cl2N5O2S/c1-6(5-21(2,19)20)18-11(15-16-17-18)8-3-7(14)4-9(12)10(8)13/h3-4,6H,5,14H2,1-2H3. The number of nitrogens with two attached hydrogens (primary N) is 1. The van der Waals surface area contributed by atoms with Crippen molar-refractivity contribution in [2.24, 2.45) is 0 Å². The maximum atomic E-state index is 11.4. The fraction of sp³-hybridized carbons (Fsp3) is 0.364. The van der Waals surface area contributed by atoms with E-state index in [9.17, 15) is 8.42 Å². The lowest BCUT2D eigenvalue weighted by Gasteiger charge is -2.13. The van der Waals surface area contributed by atoms with Crippen LogP contribution < -0.4 is 5.73 Å². The number of nitrogen functional groups attached to an aromatic ring is 1. The van der Waals surface area contributed by atoms with Gasteiger partial charge in [-0.2, -0.15) is 0 Å². The first-order valence-electron chi connectivity index (χ1n) is 5.89. The second-order valence-electron chi connectivity index (χ2n) is 4.75. The molecule has 0 bridgehead atoms. The molecule has 1 aromatic carbocycles. The van der Waals surface area contributed by atoms with E-state index in [-0.39, 0.29) is 15.8 Å². The Morgan fingerprint density at radius 1 is 1.38 bits per heavy atom. The van der Waals surface area contributed by atoms with E-state index in [4.69, 9.17) is 28.9 Å². The SMILES string of the molecule is CC(CS(C)(=O)=O)n1nnnc1-c1cc(N)cc(Cl)c1Cl. The molecule has 1 unspecified atom stereocenters. The Kier molecular flexibility index (Phi) is 4.40. The fourth-order valence-corrected chi connectivity index (χ4v) is 3.39. The minimum Gasteiger partial charge on any atom is -0.399 e. The molecule has 21 heavy (non-hydrogen) atoms. The van der Waals surface area contributed by atoms with Crippen LogP contribution in [0.2, 0.25) is 10.0 Å². The average molecular weight is 350 g/mol. The number of aromatic nitrogens is 4. The number of tetrazole rings is 1. The summed E-state index contributed by atoms with van der Waals surface area (Å²) in [5.74, 6) is 0.212. The van der Waals surface area contributed by atoms with Gasteiger partial charge in [0.25, 0.3) is 0 Å². The molecule has 0 radical (unpaired) electrons. The van der Waals surface area contributed by atoms with E-state index in [1.807, 2.05) is 0 Å². The minimum absolute atomic E-state index is 0.0985. The molecule has 1 atom stereocenters. The summed E-state index contributed by atoms with van der Waals surface area (Å²) in [5.41, 5.74) is 6.60. The molecule has 10 heteroatoms. The molecule has 114 valence electrons. The van der Waals surface area contributed by atoms with Crippen LogP contribution >= 0.6 is 23.2 Å². The van der Waals surface area contributed by atoms with Gasteiger partial charge in [0.05, 0.1) is 21.8 Å². The Balaban J connectivity index is 2.51. The van der Waals surface area contributed by atoms with E-state index in [1.165, 1.54) is 10.7 Å². The van der Waals surface area contributed by atoms with Gasteiger partial charge in [0, 0.05) is 17.5 Å². The van der Waals surface area contributed by atoms with Crippen LogP contribution in [-0.4, -0.2) is 40.6 Å². The predicted octanol–water partition coefficient (Wildman–Crippen LogP) is 1.83. The summed E-state index contributed by atoms with van der Waals surface area (Å²) in [6.45, 7) is 1.70. The topological polar surface area (TPSA) is 104 Å². The number of nitrogens with zero attached hydrogens (tertiary/aromatic N) is 4. The third kappa shape index (κ3) is 3.63. The molecule has 2 rings (SSSR count). The Morgan fingerprint density at radius 2 is 2.05 bits per heavy atom. The fourth-order valence-electron chi connectivity index (χ4n) is 1.95. The van der Waals surface area contributed by atoms with Crippen LogP contribution in [0.15, 0.2) is 12.1 Å². The second kappa shape index (κ2) is 5.78. The van der Waals surface area contributed by atoms with Crippen molar-refractivity contribution in [2.45, 2.75) is 13.0 Å². The van der Waals surface area contributed by atoms with Crippen molar-refractivity contribution in [1.82, 2.24) is 20.2 Å². The average Bonchev–Trinajstić information content (AvgIpc) is 2.80. The zero-order valence-corrected chi connectivity index (χ0v) is 13.6. The maximum absolute atomic E-state index is 11.4. The first-order valence-corrected chi connectivity index (χ1v) is 8.71. The first-order chi connectivity index (χ1) is 9.69. The van der Waals surface area contributed by atoms with Crippen molar-refractivity contribution in [1.29, 1.82) is 0 Å². The van der Waals surface area contributed by atoms with Gasteiger partial charge in [0.1, 0.15) is 9.84 Å². The predicted molar refractivity (Wildman–Crippen MR) is 82.1 cm³/mol. The third-order valence-electron chi connectivity index (χ3n) is 2.75. The highest BCUT2D eigenvalue weighted by atomic mass is 35.5. The van der Waals surface area contributed by atoms with E-state index >= 15 is 0 Å². The van der Waals surface area contributed by atoms with Crippen LogP contribution in [0, 0.1) is 0 Å². The molecule has 7 nitrogen and oxygen atoms in total. The van der Waals surface area contributed by atoms with E-state index < -0.39 is 15.9 Å². The molecule has 0 amide bonds. The number of benzene rings is 1. The summed E-state index contributed by atoms with van der Waals surface area (Å²) in [6, 6.07) is 2.65. The van der Waals surface area contributed by atoms with Gasteiger partial charge in [-0.05, 0) is 29.5 Å². The lowest BCUT2D eigenvalue weighted by Crippen LogP contribution is -2.18. The summed E-state index contributed by atoms with van der Waals surface area (Å²) in [4.78, 5) is 0. The number of hydrogen-bond acceptors (Lipinski definition) is 6. The van der Waals surface area contributed by atoms with Crippen molar-refractivity contribution < 1.29 is 8.42 Å². The lowest BCUT2D eigenvalue weighted by atomic mass is 10.2. The number of hydrogen-bond donors (Lipinski definition) is 1. The van der Waals surface area contributed by atoms with E-state index in [0.29, 0.717) is 17.1 Å². The number of sulfone groups is 1. The zero-order valence-electron chi connectivity index (χ0n) is 11.3. The summed E-state index contributed by atoms with van der Waals surface area (Å²) in [7, 11) is -3.17. The zero-order chi connectivity index (χ0) is 15.8. The van der Waals surface area contributed by atoms with E-state index in [1.54, 1.807) is 13.0 Å². The molecule has 1 heterocycles. The molecule has 0 aliphatic heterocycles. The molecular formula is C11H13Cl2N5O2S. The van der Waals surface area contributed by atoms with Gasteiger partial charge in [-0.15, -0.1) is 5.10 Å². The van der Waals surface area contributed by atoms with Crippen LogP contribution in [0.1, 0.15) is 13.0 Å². The Morgan fingerprint density at radius 3 is 2.67 bits per heavy atom. The van der Waals surface area contributed by atoms with Gasteiger partial charge in [-0.25, -0.2) is 13.1 Å². The van der Waals surface area contributed by atoms with Gasteiger partial charge in [0.15, 0.2) is 5.82 Å². The number of anilines is 1. The lowest BCUT2D eigenvalue weighted by molar-refractivity contribution is 0.509. The normalized spacial score (nSPS) is 13.3. The molecule has 2 N–H and O–H groups in total. The highest BCUT2D eigenvalue weighted by Crippen LogP contribution is 2.35. The quantitative estimate of drug-likeness (QED) is 0.844. The van der Waals surface area contributed by atoms with Crippen molar-refractivity contribution >= 4 is 38.7 Å². The van der Waals surface area contributed by atoms with Gasteiger partial charge < -0.3 is 5.73 Å². The van der Waals surface area contributed by atoms with E-state index in [0.717, 1.165) is 6.26 Å². The Bertz CT molecular complexity index is 775.